The van der Waals surface area contributed by atoms with Crippen molar-refractivity contribution in [3.63, 3.8) is 0 Å². The Morgan fingerprint density at radius 2 is 1.86 bits per heavy atom. The van der Waals surface area contributed by atoms with E-state index < -0.39 is 0 Å². The third-order valence-electron chi connectivity index (χ3n) is 6.10. The number of pyridine rings is 1. The van der Waals surface area contributed by atoms with E-state index in [4.69, 9.17) is 9.97 Å². The molecule has 0 atom stereocenters. The maximum absolute atomic E-state index is 12.3. The van der Waals surface area contributed by atoms with Crippen LogP contribution in [-0.2, 0) is 4.79 Å². The van der Waals surface area contributed by atoms with Crippen molar-refractivity contribution in [2.75, 3.05) is 37.6 Å². The Morgan fingerprint density at radius 1 is 1.03 bits per heavy atom. The number of aromatic nitrogens is 3. The van der Waals surface area contributed by atoms with Gasteiger partial charge in [-0.3, -0.25) is 14.7 Å². The molecule has 1 aliphatic rings. The number of thiophene rings is 1. The summed E-state index contributed by atoms with van der Waals surface area (Å²) < 4.78 is 0. The standard InChI is InChI=1S/C27H30N6OS/c1-19(2)29-23(34)17-32-13-8-14-33(16-15-32)26-24-21(20-9-4-3-5-10-20)18-35-27(24)31-25(30-26)22-11-6-7-12-28-22/h3-7,9-12,18-19H,8,13-17H2,1-2H3,(H,29,34). The van der Waals surface area contributed by atoms with Gasteiger partial charge >= 0.3 is 0 Å². The second kappa shape index (κ2) is 10.5. The van der Waals surface area contributed by atoms with E-state index >= 15 is 0 Å². The molecular formula is C27H30N6OS. The summed E-state index contributed by atoms with van der Waals surface area (Å²) in [6, 6.07) is 16.4. The van der Waals surface area contributed by atoms with Gasteiger partial charge in [-0.15, -0.1) is 11.3 Å². The van der Waals surface area contributed by atoms with E-state index in [1.54, 1.807) is 17.5 Å². The number of hydrogen-bond acceptors (Lipinski definition) is 7. The molecule has 1 amide bonds. The zero-order valence-electron chi connectivity index (χ0n) is 20.1. The topological polar surface area (TPSA) is 74.2 Å². The second-order valence-electron chi connectivity index (χ2n) is 9.12. The van der Waals surface area contributed by atoms with E-state index in [1.165, 1.54) is 0 Å². The molecule has 0 saturated carbocycles. The fourth-order valence-electron chi connectivity index (χ4n) is 4.50. The molecule has 180 valence electrons. The normalized spacial score (nSPS) is 14.9. The van der Waals surface area contributed by atoms with E-state index in [9.17, 15) is 4.79 Å². The van der Waals surface area contributed by atoms with Crippen molar-refractivity contribution in [3.05, 3.63) is 60.1 Å². The molecule has 0 radical (unpaired) electrons. The maximum atomic E-state index is 12.3. The number of anilines is 1. The first kappa shape index (κ1) is 23.4. The summed E-state index contributed by atoms with van der Waals surface area (Å²) >= 11 is 1.65. The highest BCUT2D eigenvalue weighted by atomic mass is 32.1. The molecule has 8 heteroatoms. The summed E-state index contributed by atoms with van der Waals surface area (Å²) in [5, 5.41) is 6.28. The van der Waals surface area contributed by atoms with E-state index in [2.05, 4.69) is 49.7 Å². The van der Waals surface area contributed by atoms with Gasteiger partial charge in [0, 0.05) is 49.4 Å². The molecule has 0 unspecified atom stereocenters. The first-order valence-electron chi connectivity index (χ1n) is 12.1. The predicted octanol–water partition coefficient (Wildman–Crippen LogP) is 4.46. The van der Waals surface area contributed by atoms with Crippen LogP contribution >= 0.6 is 11.3 Å². The summed E-state index contributed by atoms with van der Waals surface area (Å²) in [6.07, 6.45) is 2.74. The van der Waals surface area contributed by atoms with Crippen LogP contribution in [0.5, 0.6) is 0 Å². The van der Waals surface area contributed by atoms with Gasteiger partial charge in [0.2, 0.25) is 5.91 Å². The number of nitrogens with zero attached hydrogens (tertiary/aromatic N) is 5. The Hall–Kier alpha value is -3.36. The van der Waals surface area contributed by atoms with E-state index in [0.29, 0.717) is 12.4 Å². The van der Waals surface area contributed by atoms with Crippen molar-refractivity contribution in [3.8, 4) is 22.6 Å². The van der Waals surface area contributed by atoms with Gasteiger partial charge in [0.25, 0.3) is 0 Å². The van der Waals surface area contributed by atoms with Crippen LogP contribution in [0.2, 0.25) is 0 Å². The Labute approximate surface area is 209 Å². The molecule has 5 rings (SSSR count). The van der Waals surface area contributed by atoms with Gasteiger partial charge in [-0.05, 0) is 38.0 Å². The smallest absolute Gasteiger partial charge is 0.234 e. The number of carbonyl (C=O) groups excluding carboxylic acids is 1. The van der Waals surface area contributed by atoms with Crippen molar-refractivity contribution in [2.24, 2.45) is 0 Å². The van der Waals surface area contributed by atoms with Gasteiger partial charge in [-0.1, -0.05) is 36.4 Å². The van der Waals surface area contributed by atoms with Gasteiger partial charge in [-0.2, -0.15) is 0 Å². The number of carbonyl (C=O) groups is 1. The highest BCUT2D eigenvalue weighted by Gasteiger charge is 2.24. The molecule has 4 heterocycles. The molecule has 1 saturated heterocycles. The zero-order valence-corrected chi connectivity index (χ0v) is 21.0. The number of hydrogen-bond donors (Lipinski definition) is 1. The third-order valence-corrected chi connectivity index (χ3v) is 6.97. The fourth-order valence-corrected chi connectivity index (χ4v) is 5.45. The lowest BCUT2D eigenvalue weighted by molar-refractivity contribution is -0.122. The molecule has 1 aliphatic heterocycles. The van der Waals surface area contributed by atoms with Gasteiger partial charge in [0.1, 0.15) is 16.3 Å². The minimum absolute atomic E-state index is 0.0829. The summed E-state index contributed by atoms with van der Waals surface area (Å²) in [4.78, 5) is 32.4. The van der Waals surface area contributed by atoms with Crippen LogP contribution in [0.1, 0.15) is 20.3 Å². The predicted molar refractivity (Wildman–Crippen MR) is 143 cm³/mol. The minimum atomic E-state index is 0.0829. The summed E-state index contributed by atoms with van der Waals surface area (Å²) in [7, 11) is 0. The minimum Gasteiger partial charge on any atom is -0.355 e. The van der Waals surface area contributed by atoms with E-state index in [-0.39, 0.29) is 11.9 Å². The van der Waals surface area contributed by atoms with Crippen molar-refractivity contribution < 1.29 is 4.79 Å². The molecule has 4 aromatic rings. The second-order valence-corrected chi connectivity index (χ2v) is 9.98. The molecule has 1 fully saturated rings. The van der Waals surface area contributed by atoms with Crippen LogP contribution in [-0.4, -0.2) is 64.5 Å². The number of nitrogens with one attached hydrogen (secondary N) is 1. The SMILES string of the molecule is CC(C)NC(=O)CN1CCCN(c2nc(-c3ccccn3)nc3scc(-c4ccccc4)c23)CC1. The molecule has 0 bridgehead atoms. The van der Waals surface area contributed by atoms with Crippen molar-refractivity contribution >= 4 is 33.3 Å². The van der Waals surface area contributed by atoms with Gasteiger partial charge in [0.15, 0.2) is 5.82 Å². The van der Waals surface area contributed by atoms with Gasteiger partial charge in [-0.25, -0.2) is 9.97 Å². The lowest BCUT2D eigenvalue weighted by Crippen LogP contribution is -2.41. The molecule has 1 N–H and O–H groups in total. The summed E-state index contributed by atoms with van der Waals surface area (Å²) in [6.45, 7) is 7.78. The first-order chi connectivity index (χ1) is 17.1. The fraction of sp³-hybridized carbons (Fsp3) is 0.333. The first-order valence-corrected chi connectivity index (χ1v) is 13.0. The van der Waals surface area contributed by atoms with Crippen LogP contribution in [0.15, 0.2) is 60.1 Å². The van der Waals surface area contributed by atoms with Crippen LogP contribution in [0.4, 0.5) is 5.82 Å². The Kier molecular flexibility index (Phi) is 7.01. The van der Waals surface area contributed by atoms with Gasteiger partial charge < -0.3 is 10.2 Å². The largest absolute Gasteiger partial charge is 0.355 e. The lowest BCUT2D eigenvalue weighted by Gasteiger charge is -2.24. The van der Waals surface area contributed by atoms with Crippen molar-refractivity contribution in [1.82, 2.24) is 25.2 Å². The maximum Gasteiger partial charge on any atom is 0.234 e. The molecule has 0 aliphatic carbocycles. The number of rotatable bonds is 6. The van der Waals surface area contributed by atoms with Crippen LogP contribution < -0.4 is 10.2 Å². The third kappa shape index (κ3) is 5.33. The molecule has 3 aromatic heterocycles. The highest BCUT2D eigenvalue weighted by Crippen LogP contribution is 2.39. The molecule has 35 heavy (non-hydrogen) atoms. The van der Waals surface area contributed by atoms with Gasteiger partial charge in [0.05, 0.1) is 11.9 Å². The average molecular weight is 487 g/mol. The zero-order chi connectivity index (χ0) is 24.2. The summed E-state index contributed by atoms with van der Waals surface area (Å²) in [5.74, 6) is 1.68. The quantitative estimate of drug-likeness (QED) is 0.434. The Bertz CT molecular complexity index is 1290. The lowest BCUT2D eigenvalue weighted by atomic mass is 10.1. The molecular weight excluding hydrogens is 456 g/mol. The molecule has 1 aromatic carbocycles. The average Bonchev–Trinajstić information content (AvgIpc) is 3.17. The number of fused-ring (bicyclic) bond motifs is 1. The Morgan fingerprint density at radius 3 is 2.63 bits per heavy atom. The van der Waals surface area contributed by atoms with Crippen LogP contribution in [0.25, 0.3) is 32.9 Å². The number of amides is 1. The number of benzene rings is 1. The molecule has 0 spiro atoms. The molecule has 7 nitrogen and oxygen atoms in total. The van der Waals surface area contributed by atoms with Crippen molar-refractivity contribution in [1.29, 1.82) is 0 Å². The monoisotopic (exact) mass is 486 g/mol. The highest BCUT2D eigenvalue weighted by molar-refractivity contribution is 7.17. The Balaban J connectivity index is 1.51. The van der Waals surface area contributed by atoms with Crippen LogP contribution in [0, 0.1) is 0 Å². The van der Waals surface area contributed by atoms with Crippen molar-refractivity contribution in [2.45, 2.75) is 26.3 Å². The van der Waals surface area contributed by atoms with E-state index in [0.717, 1.165) is 65.5 Å². The van der Waals surface area contributed by atoms with Crippen LogP contribution in [0.3, 0.4) is 0 Å². The summed E-state index contributed by atoms with van der Waals surface area (Å²) in [5.41, 5.74) is 3.09. The van der Waals surface area contributed by atoms with E-state index in [1.807, 2.05) is 38.1 Å².